The quantitative estimate of drug-likeness (QED) is 0.833. The van der Waals surface area contributed by atoms with E-state index in [4.69, 9.17) is 4.74 Å². The van der Waals surface area contributed by atoms with Crippen LogP contribution in [-0.4, -0.2) is 25.3 Å². The molecule has 0 spiro atoms. The Labute approximate surface area is 111 Å². The molecule has 1 aromatic carbocycles. The molecule has 1 aliphatic rings. The molecule has 0 amide bonds. The van der Waals surface area contributed by atoms with Crippen LogP contribution in [-0.2, 0) is 4.74 Å². The van der Waals surface area contributed by atoms with Gasteiger partial charge in [0.25, 0.3) is 0 Å². The molecule has 0 saturated heterocycles. The Morgan fingerprint density at radius 2 is 2.00 bits per heavy atom. The first-order valence-electron chi connectivity index (χ1n) is 6.96. The maximum atomic E-state index is 5.91. The lowest BCUT2D eigenvalue weighted by molar-refractivity contribution is -0.0423. The molecule has 2 heteroatoms. The van der Waals surface area contributed by atoms with Crippen molar-refractivity contribution in [3.63, 3.8) is 0 Å². The lowest BCUT2D eigenvalue weighted by Crippen LogP contribution is -2.49. The third-order valence-corrected chi connectivity index (χ3v) is 4.07. The van der Waals surface area contributed by atoms with Crippen molar-refractivity contribution in [3.8, 4) is 0 Å². The summed E-state index contributed by atoms with van der Waals surface area (Å²) in [6, 6.07) is 11.2. The highest BCUT2D eigenvalue weighted by Crippen LogP contribution is 2.51. The third-order valence-electron chi connectivity index (χ3n) is 4.07. The molecule has 0 radical (unpaired) electrons. The maximum Gasteiger partial charge on any atom is 0.0781 e. The average molecular weight is 247 g/mol. The van der Waals surface area contributed by atoms with Gasteiger partial charge in [0, 0.05) is 12.6 Å². The smallest absolute Gasteiger partial charge is 0.0781 e. The summed E-state index contributed by atoms with van der Waals surface area (Å²) in [7, 11) is 2.05. The van der Waals surface area contributed by atoms with E-state index in [-0.39, 0.29) is 5.60 Å². The Kier molecular flexibility index (Phi) is 4.08. The predicted molar refractivity (Wildman–Crippen MR) is 75.8 cm³/mol. The lowest BCUT2D eigenvalue weighted by Gasteiger charge is -2.34. The number of nitrogens with one attached hydrogen (secondary N) is 1. The van der Waals surface area contributed by atoms with Gasteiger partial charge in [0.1, 0.15) is 0 Å². The fourth-order valence-electron chi connectivity index (χ4n) is 3.21. The molecule has 3 unspecified atom stereocenters. The minimum atomic E-state index is -0.0995. The Hall–Kier alpha value is -0.860. The van der Waals surface area contributed by atoms with E-state index in [2.05, 4.69) is 56.4 Å². The summed E-state index contributed by atoms with van der Waals surface area (Å²) in [6.07, 6.45) is 1.27. The zero-order valence-electron chi connectivity index (χ0n) is 11.9. The van der Waals surface area contributed by atoms with Gasteiger partial charge in [-0.1, -0.05) is 30.3 Å². The van der Waals surface area contributed by atoms with Crippen molar-refractivity contribution in [2.24, 2.45) is 5.92 Å². The summed E-state index contributed by atoms with van der Waals surface area (Å²) in [5.41, 5.74) is 1.37. The largest absolute Gasteiger partial charge is 0.374 e. The van der Waals surface area contributed by atoms with Gasteiger partial charge in [-0.15, -0.1) is 0 Å². The van der Waals surface area contributed by atoms with Gasteiger partial charge in [0.05, 0.1) is 5.60 Å². The number of rotatable bonds is 6. The van der Waals surface area contributed by atoms with Gasteiger partial charge < -0.3 is 10.1 Å². The summed E-state index contributed by atoms with van der Waals surface area (Å²) in [4.78, 5) is 0. The molecule has 18 heavy (non-hydrogen) atoms. The van der Waals surface area contributed by atoms with Crippen LogP contribution in [0.4, 0.5) is 0 Å². The van der Waals surface area contributed by atoms with E-state index >= 15 is 0 Å². The van der Waals surface area contributed by atoms with Gasteiger partial charge in [0.15, 0.2) is 0 Å². The highest BCUT2D eigenvalue weighted by Gasteiger charge is 2.48. The van der Waals surface area contributed by atoms with Crippen LogP contribution in [0.2, 0.25) is 0 Å². The van der Waals surface area contributed by atoms with Crippen molar-refractivity contribution < 1.29 is 4.74 Å². The summed E-state index contributed by atoms with van der Waals surface area (Å²) in [6.45, 7) is 7.22. The second-order valence-corrected chi connectivity index (χ2v) is 5.72. The number of hydrogen-bond acceptors (Lipinski definition) is 2. The van der Waals surface area contributed by atoms with E-state index in [9.17, 15) is 0 Å². The first-order chi connectivity index (χ1) is 8.60. The van der Waals surface area contributed by atoms with Gasteiger partial charge in [-0.3, -0.25) is 0 Å². The molecule has 0 aromatic heterocycles. The minimum absolute atomic E-state index is 0.0995. The zero-order chi connectivity index (χ0) is 13.2. The predicted octanol–water partition coefficient (Wildman–Crippen LogP) is 3.19. The van der Waals surface area contributed by atoms with E-state index in [0.29, 0.717) is 17.9 Å². The molecule has 100 valence electrons. The van der Waals surface area contributed by atoms with Crippen LogP contribution in [0.25, 0.3) is 0 Å². The Morgan fingerprint density at radius 3 is 2.56 bits per heavy atom. The first kappa shape index (κ1) is 13.6. The van der Waals surface area contributed by atoms with Crippen LogP contribution in [0.5, 0.6) is 0 Å². The Bertz CT molecular complexity index is 374. The number of benzene rings is 1. The fraction of sp³-hybridized carbons (Fsp3) is 0.625. The van der Waals surface area contributed by atoms with Crippen molar-refractivity contribution in [1.82, 2.24) is 5.32 Å². The highest BCUT2D eigenvalue weighted by molar-refractivity contribution is 5.27. The molecule has 2 nitrogen and oxygen atoms in total. The molecule has 1 aliphatic carbocycles. The molecule has 2 rings (SSSR count). The topological polar surface area (TPSA) is 21.3 Å². The Morgan fingerprint density at radius 1 is 1.33 bits per heavy atom. The molecule has 0 heterocycles. The van der Waals surface area contributed by atoms with Gasteiger partial charge >= 0.3 is 0 Å². The molecular formula is C16H25NO. The van der Waals surface area contributed by atoms with Crippen molar-refractivity contribution >= 4 is 0 Å². The van der Waals surface area contributed by atoms with Gasteiger partial charge in [-0.2, -0.15) is 0 Å². The number of ether oxygens (including phenoxy) is 1. The van der Waals surface area contributed by atoms with E-state index in [1.165, 1.54) is 12.0 Å². The van der Waals surface area contributed by atoms with Crippen LogP contribution < -0.4 is 5.32 Å². The summed E-state index contributed by atoms with van der Waals surface area (Å²) in [5.74, 6) is 1.39. The zero-order valence-corrected chi connectivity index (χ0v) is 11.9. The normalized spacial score (nSPS) is 24.9. The lowest BCUT2D eigenvalue weighted by atomic mass is 9.92. The van der Waals surface area contributed by atoms with Gasteiger partial charge in [-0.25, -0.2) is 0 Å². The Balaban J connectivity index is 2.04. The van der Waals surface area contributed by atoms with Crippen molar-refractivity contribution in [2.75, 3.05) is 13.7 Å². The second-order valence-electron chi connectivity index (χ2n) is 5.72. The molecule has 3 atom stereocenters. The van der Waals surface area contributed by atoms with Crippen molar-refractivity contribution in [2.45, 2.75) is 44.8 Å². The van der Waals surface area contributed by atoms with Crippen molar-refractivity contribution in [3.05, 3.63) is 35.9 Å². The molecule has 1 saturated carbocycles. The van der Waals surface area contributed by atoms with E-state index in [0.717, 1.165) is 6.61 Å². The van der Waals surface area contributed by atoms with Gasteiger partial charge in [-0.05, 0) is 51.6 Å². The number of hydrogen-bond donors (Lipinski definition) is 1. The van der Waals surface area contributed by atoms with Crippen LogP contribution >= 0.6 is 0 Å². The van der Waals surface area contributed by atoms with Crippen LogP contribution in [0.1, 0.15) is 38.7 Å². The SMILES string of the molecule is CCOC(C)(C)C(NC)C1CC1c1ccccc1. The third kappa shape index (κ3) is 2.76. The molecule has 0 aliphatic heterocycles. The van der Waals surface area contributed by atoms with Crippen LogP contribution in [0, 0.1) is 5.92 Å². The monoisotopic (exact) mass is 247 g/mol. The van der Waals surface area contributed by atoms with Crippen LogP contribution in [0.3, 0.4) is 0 Å². The first-order valence-corrected chi connectivity index (χ1v) is 6.96. The molecule has 1 aromatic rings. The molecule has 0 bridgehead atoms. The summed E-state index contributed by atoms with van der Waals surface area (Å²) < 4.78 is 5.91. The standard InChI is InChI=1S/C16H25NO/c1-5-18-16(2,3)15(17-4)14-11-13(14)12-9-7-6-8-10-12/h6-10,13-15,17H,5,11H2,1-4H3. The van der Waals surface area contributed by atoms with Crippen molar-refractivity contribution in [1.29, 1.82) is 0 Å². The molecule has 1 fully saturated rings. The van der Waals surface area contributed by atoms with E-state index in [1.807, 2.05) is 7.05 Å². The van der Waals surface area contributed by atoms with Gasteiger partial charge in [0.2, 0.25) is 0 Å². The maximum absolute atomic E-state index is 5.91. The van der Waals surface area contributed by atoms with E-state index < -0.39 is 0 Å². The van der Waals surface area contributed by atoms with Crippen LogP contribution in [0.15, 0.2) is 30.3 Å². The number of likely N-dealkylation sites (N-methyl/N-ethyl adjacent to an activating group) is 1. The van der Waals surface area contributed by atoms with E-state index in [1.54, 1.807) is 0 Å². The highest BCUT2D eigenvalue weighted by atomic mass is 16.5. The summed E-state index contributed by atoms with van der Waals surface area (Å²) in [5, 5.41) is 3.46. The molecule has 1 N–H and O–H groups in total. The fourth-order valence-corrected chi connectivity index (χ4v) is 3.21. The second kappa shape index (κ2) is 5.41. The minimum Gasteiger partial charge on any atom is -0.374 e. The summed E-state index contributed by atoms with van der Waals surface area (Å²) >= 11 is 0. The molecular weight excluding hydrogens is 222 g/mol. The average Bonchev–Trinajstić information content (AvgIpc) is 3.11.